The second-order valence-corrected chi connectivity index (χ2v) is 8.73. The summed E-state index contributed by atoms with van der Waals surface area (Å²) in [6.07, 6.45) is 5.52. The fourth-order valence-corrected chi connectivity index (χ4v) is 4.01. The van der Waals surface area contributed by atoms with E-state index < -0.39 is 30.4 Å². The smallest absolute Gasteiger partial charge is 0.329 e. The van der Waals surface area contributed by atoms with Crippen molar-refractivity contribution in [3.05, 3.63) is 64.2 Å². The van der Waals surface area contributed by atoms with E-state index in [2.05, 4.69) is 10.6 Å². The van der Waals surface area contributed by atoms with Crippen molar-refractivity contribution < 1.29 is 19.1 Å². The molecule has 1 aliphatic carbocycles. The van der Waals surface area contributed by atoms with Gasteiger partial charge >= 0.3 is 5.97 Å². The summed E-state index contributed by atoms with van der Waals surface area (Å²) in [4.78, 5) is 37.2. The van der Waals surface area contributed by atoms with Gasteiger partial charge in [0.05, 0.1) is 0 Å². The molecule has 0 fully saturated rings. The lowest BCUT2D eigenvalue weighted by atomic mass is 10.1. The van der Waals surface area contributed by atoms with Gasteiger partial charge in [0, 0.05) is 16.3 Å². The predicted octanol–water partition coefficient (Wildman–Crippen LogP) is 3.86. The predicted molar refractivity (Wildman–Crippen MR) is 124 cm³/mol. The van der Waals surface area contributed by atoms with E-state index in [4.69, 9.17) is 16.3 Å². The third-order valence-electron chi connectivity index (χ3n) is 5.03. The Morgan fingerprint density at radius 3 is 2.58 bits per heavy atom. The van der Waals surface area contributed by atoms with Crippen LogP contribution in [0.15, 0.2) is 42.5 Å². The van der Waals surface area contributed by atoms with Gasteiger partial charge in [-0.3, -0.25) is 9.59 Å². The number of fused-ring (bicyclic) bond motifs is 1. The van der Waals surface area contributed by atoms with Gasteiger partial charge in [0.25, 0.3) is 11.8 Å². The number of halogens is 1. The summed E-state index contributed by atoms with van der Waals surface area (Å²) in [7, 11) is 0. The summed E-state index contributed by atoms with van der Waals surface area (Å²) < 4.78 is 5.19. The lowest BCUT2D eigenvalue weighted by Gasteiger charge is -2.17. The number of hydrogen-bond donors (Lipinski definition) is 2. The number of carbonyl (C=O) groups is 3. The highest BCUT2D eigenvalue weighted by Crippen LogP contribution is 2.24. The second kappa shape index (κ2) is 11.2. The summed E-state index contributed by atoms with van der Waals surface area (Å²) in [5, 5.41) is 5.97. The first-order valence-corrected chi connectivity index (χ1v) is 11.9. The van der Waals surface area contributed by atoms with Crippen molar-refractivity contribution in [3.8, 4) is 0 Å². The third-order valence-corrected chi connectivity index (χ3v) is 5.93. The van der Waals surface area contributed by atoms with Gasteiger partial charge in [-0.1, -0.05) is 17.7 Å². The minimum atomic E-state index is -0.844. The number of rotatable bonds is 9. The van der Waals surface area contributed by atoms with E-state index in [1.54, 1.807) is 36.0 Å². The highest BCUT2D eigenvalue weighted by atomic mass is 35.5. The van der Waals surface area contributed by atoms with E-state index in [-0.39, 0.29) is 0 Å². The summed E-state index contributed by atoms with van der Waals surface area (Å²) in [6.45, 7) is -0.414. The Balaban J connectivity index is 1.53. The molecule has 164 valence electrons. The molecule has 2 amide bonds. The maximum atomic E-state index is 12.5. The van der Waals surface area contributed by atoms with Gasteiger partial charge in [-0.2, -0.15) is 11.8 Å². The van der Waals surface area contributed by atoms with E-state index in [0.29, 0.717) is 28.4 Å². The lowest BCUT2D eigenvalue weighted by Crippen LogP contribution is -2.43. The van der Waals surface area contributed by atoms with Crippen LogP contribution in [-0.4, -0.2) is 42.4 Å². The molecule has 1 atom stereocenters. The Labute approximate surface area is 191 Å². The summed E-state index contributed by atoms with van der Waals surface area (Å²) in [5.74, 6) is -0.802. The Hall–Kier alpha value is -2.51. The fraction of sp³-hybridized carbons (Fsp3) is 0.348. The van der Waals surface area contributed by atoms with E-state index in [0.717, 1.165) is 19.3 Å². The zero-order chi connectivity index (χ0) is 22.2. The van der Waals surface area contributed by atoms with Crippen molar-refractivity contribution in [2.75, 3.05) is 23.9 Å². The second-order valence-electron chi connectivity index (χ2n) is 7.31. The minimum Gasteiger partial charge on any atom is -0.454 e. The number of benzene rings is 2. The number of nitrogens with one attached hydrogen (secondary N) is 2. The van der Waals surface area contributed by atoms with Crippen molar-refractivity contribution in [1.82, 2.24) is 5.32 Å². The monoisotopic (exact) mass is 460 g/mol. The highest BCUT2D eigenvalue weighted by molar-refractivity contribution is 7.98. The SMILES string of the molecule is CSCC[C@@H](NC(=O)c1ccc(Cl)cc1)C(=O)OCC(=O)Nc1ccc2c(c1)CCC2. The number of aryl methyl sites for hydroxylation is 2. The van der Waals surface area contributed by atoms with Gasteiger partial charge in [0.2, 0.25) is 0 Å². The normalized spacial score (nSPS) is 13.2. The molecule has 2 aromatic rings. The van der Waals surface area contributed by atoms with Gasteiger partial charge in [0.15, 0.2) is 6.61 Å². The average molecular weight is 461 g/mol. The van der Waals surface area contributed by atoms with Crippen LogP contribution < -0.4 is 10.6 Å². The molecule has 0 saturated heterocycles. The van der Waals surface area contributed by atoms with Crippen molar-refractivity contribution in [2.45, 2.75) is 31.7 Å². The molecule has 0 spiro atoms. The van der Waals surface area contributed by atoms with Crippen molar-refractivity contribution in [1.29, 1.82) is 0 Å². The molecule has 0 heterocycles. The maximum Gasteiger partial charge on any atom is 0.329 e. The molecule has 0 radical (unpaired) electrons. The average Bonchev–Trinajstić information content (AvgIpc) is 3.23. The first kappa shape index (κ1) is 23.2. The van der Waals surface area contributed by atoms with Crippen LogP contribution in [0.5, 0.6) is 0 Å². The van der Waals surface area contributed by atoms with Crippen LogP contribution in [0, 0.1) is 0 Å². The number of carbonyl (C=O) groups excluding carboxylic acids is 3. The van der Waals surface area contributed by atoms with Crippen molar-refractivity contribution >= 4 is 46.8 Å². The van der Waals surface area contributed by atoms with Crippen LogP contribution in [0.1, 0.15) is 34.3 Å². The Morgan fingerprint density at radius 2 is 1.84 bits per heavy atom. The van der Waals surface area contributed by atoms with Crippen LogP contribution in [0.2, 0.25) is 5.02 Å². The Morgan fingerprint density at radius 1 is 1.10 bits per heavy atom. The first-order valence-electron chi connectivity index (χ1n) is 10.1. The van der Waals surface area contributed by atoms with Gasteiger partial charge in [-0.15, -0.1) is 0 Å². The molecule has 0 unspecified atom stereocenters. The van der Waals surface area contributed by atoms with E-state index in [1.165, 1.54) is 11.1 Å². The minimum absolute atomic E-state index is 0.390. The van der Waals surface area contributed by atoms with Crippen LogP contribution in [-0.2, 0) is 27.2 Å². The number of ether oxygens (including phenoxy) is 1. The molecule has 2 N–H and O–H groups in total. The van der Waals surface area contributed by atoms with Crippen LogP contribution >= 0.6 is 23.4 Å². The molecular weight excluding hydrogens is 436 g/mol. The summed E-state index contributed by atoms with van der Waals surface area (Å²) >= 11 is 7.40. The highest BCUT2D eigenvalue weighted by Gasteiger charge is 2.23. The van der Waals surface area contributed by atoms with E-state index >= 15 is 0 Å². The maximum absolute atomic E-state index is 12.5. The third kappa shape index (κ3) is 6.74. The Bertz CT molecular complexity index is 949. The number of esters is 1. The molecule has 1 aliphatic rings. The van der Waals surface area contributed by atoms with Crippen molar-refractivity contribution in [2.24, 2.45) is 0 Å². The zero-order valence-corrected chi connectivity index (χ0v) is 18.9. The molecule has 6 nitrogen and oxygen atoms in total. The number of anilines is 1. The number of thioether (sulfide) groups is 1. The molecule has 0 saturated carbocycles. The van der Waals surface area contributed by atoms with Gasteiger partial charge in [-0.25, -0.2) is 4.79 Å². The summed E-state index contributed by atoms with van der Waals surface area (Å²) in [5.41, 5.74) is 3.65. The van der Waals surface area contributed by atoms with Crippen LogP contribution in [0.3, 0.4) is 0 Å². The standard InChI is InChI=1S/C23H25ClN2O4S/c1-31-12-11-20(26-22(28)16-5-8-18(24)9-6-16)23(29)30-14-21(27)25-19-10-7-15-3-2-4-17(15)13-19/h5-10,13,20H,2-4,11-12,14H2,1H3,(H,25,27)(H,26,28)/t20-/m1/s1. The molecule has 31 heavy (non-hydrogen) atoms. The molecule has 0 aromatic heterocycles. The van der Waals surface area contributed by atoms with Crippen molar-refractivity contribution in [3.63, 3.8) is 0 Å². The van der Waals surface area contributed by atoms with E-state index in [1.807, 2.05) is 24.5 Å². The summed E-state index contributed by atoms with van der Waals surface area (Å²) in [6, 6.07) is 11.4. The zero-order valence-electron chi connectivity index (χ0n) is 17.3. The fourth-order valence-electron chi connectivity index (χ4n) is 3.41. The molecule has 0 bridgehead atoms. The molecule has 0 aliphatic heterocycles. The van der Waals surface area contributed by atoms with Crippen LogP contribution in [0.25, 0.3) is 0 Å². The van der Waals surface area contributed by atoms with Crippen LogP contribution in [0.4, 0.5) is 5.69 Å². The van der Waals surface area contributed by atoms with Gasteiger partial charge < -0.3 is 15.4 Å². The lowest BCUT2D eigenvalue weighted by molar-refractivity contribution is -0.149. The topological polar surface area (TPSA) is 84.5 Å². The largest absolute Gasteiger partial charge is 0.454 e. The number of hydrogen-bond acceptors (Lipinski definition) is 5. The first-order chi connectivity index (χ1) is 15.0. The quantitative estimate of drug-likeness (QED) is 0.555. The van der Waals surface area contributed by atoms with Gasteiger partial charge in [0.1, 0.15) is 6.04 Å². The molecule has 3 rings (SSSR count). The van der Waals surface area contributed by atoms with E-state index in [9.17, 15) is 14.4 Å². The molecule has 2 aromatic carbocycles. The number of amides is 2. The molecule has 8 heteroatoms. The van der Waals surface area contributed by atoms with Gasteiger partial charge in [-0.05, 0) is 85.2 Å². The molecular formula is C23H25ClN2O4S. The Kier molecular flexibility index (Phi) is 8.37.